The zero-order valence-electron chi connectivity index (χ0n) is 19.3. The Hall–Kier alpha value is -3.33. The molecule has 2 aromatic carbocycles. The van der Waals surface area contributed by atoms with Crippen LogP contribution in [0.2, 0.25) is 0 Å². The molecule has 0 aliphatic carbocycles. The molecule has 9 heteroatoms. The van der Waals surface area contributed by atoms with Crippen molar-refractivity contribution < 1.29 is 14.3 Å². The Kier molecular flexibility index (Phi) is 8.48. The Morgan fingerprint density at radius 2 is 1.79 bits per heavy atom. The summed E-state index contributed by atoms with van der Waals surface area (Å²) in [6.45, 7) is 7.04. The summed E-state index contributed by atoms with van der Waals surface area (Å²) in [6, 6.07) is 13.4. The minimum Gasteiger partial charge on any atom is -0.497 e. The lowest BCUT2D eigenvalue weighted by molar-refractivity contribution is -0.118. The predicted molar refractivity (Wildman–Crippen MR) is 130 cm³/mol. The van der Waals surface area contributed by atoms with E-state index in [-0.39, 0.29) is 24.0 Å². The van der Waals surface area contributed by atoms with Gasteiger partial charge in [0.05, 0.1) is 19.3 Å². The molecule has 2 N–H and O–H groups in total. The standard InChI is InChI=1S/C24H29N5O3S/c1-5-29-21(13-22(30)26-19-9-6-16(2)17(3)12-19)27-28-24(29)33-15-23(31)25-14-18-7-10-20(32-4)11-8-18/h6-12H,5,13-15H2,1-4H3,(H,25,31)(H,26,30). The van der Waals surface area contributed by atoms with Crippen LogP contribution in [0, 0.1) is 13.8 Å². The molecule has 0 spiro atoms. The van der Waals surface area contributed by atoms with E-state index in [1.807, 2.05) is 67.8 Å². The Morgan fingerprint density at radius 3 is 2.45 bits per heavy atom. The first-order chi connectivity index (χ1) is 15.9. The fourth-order valence-electron chi connectivity index (χ4n) is 3.17. The average molecular weight is 468 g/mol. The van der Waals surface area contributed by atoms with Gasteiger partial charge in [0.25, 0.3) is 0 Å². The molecule has 0 bridgehead atoms. The second kappa shape index (κ2) is 11.5. The van der Waals surface area contributed by atoms with E-state index >= 15 is 0 Å². The van der Waals surface area contributed by atoms with Gasteiger partial charge in [0.15, 0.2) is 5.16 Å². The average Bonchev–Trinajstić information content (AvgIpc) is 3.20. The molecular formula is C24H29N5O3S. The number of carbonyl (C=O) groups excluding carboxylic acids is 2. The largest absolute Gasteiger partial charge is 0.497 e. The van der Waals surface area contributed by atoms with E-state index in [2.05, 4.69) is 20.8 Å². The van der Waals surface area contributed by atoms with Gasteiger partial charge in [0.1, 0.15) is 11.6 Å². The number of ether oxygens (including phenoxy) is 1. The predicted octanol–water partition coefficient (Wildman–Crippen LogP) is 3.51. The molecule has 1 aromatic heterocycles. The Balaban J connectivity index is 1.52. The third kappa shape index (κ3) is 6.82. The van der Waals surface area contributed by atoms with Crippen LogP contribution in [0.25, 0.3) is 0 Å². The van der Waals surface area contributed by atoms with Crippen molar-refractivity contribution >= 4 is 29.3 Å². The summed E-state index contributed by atoms with van der Waals surface area (Å²) in [4.78, 5) is 24.8. The van der Waals surface area contributed by atoms with Crippen LogP contribution in [0.3, 0.4) is 0 Å². The number of hydrogen-bond donors (Lipinski definition) is 2. The molecule has 0 unspecified atom stereocenters. The lowest BCUT2D eigenvalue weighted by Crippen LogP contribution is -2.24. The highest BCUT2D eigenvalue weighted by atomic mass is 32.2. The lowest BCUT2D eigenvalue weighted by atomic mass is 10.1. The summed E-state index contributed by atoms with van der Waals surface area (Å²) in [5, 5.41) is 14.8. The smallest absolute Gasteiger partial charge is 0.232 e. The van der Waals surface area contributed by atoms with Crippen molar-refractivity contribution in [2.45, 2.75) is 45.4 Å². The number of hydrogen-bond acceptors (Lipinski definition) is 6. The van der Waals surface area contributed by atoms with Gasteiger partial charge in [-0.3, -0.25) is 9.59 Å². The molecule has 0 aliphatic heterocycles. The topological polar surface area (TPSA) is 98.1 Å². The number of methoxy groups -OCH3 is 1. The number of nitrogens with one attached hydrogen (secondary N) is 2. The number of thioether (sulfide) groups is 1. The third-order valence-electron chi connectivity index (χ3n) is 5.20. The van der Waals surface area contributed by atoms with Crippen LogP contribution in [-0.2, 0) is 29.1 Å². The number of carbonyl (C=O) groups is 2. The Morgan fingerprint density at radius 1 is 1.03 bits per heavy atom. The van der Waals surface area contributed by atoms with Crippen LogP contribution in [-0.4, -0.2) is 39.4 Å². The van der Waals surface area contributed by atoms with Gasteiger partial charge in [-0.2, -0.15) is 0 Å². The summed E-state index contributed by atoms with van der Waals surface area (Å²) in [7, 11) is 1.62. The molecule has 0 saturated heterocycles. The molecule has 0 atom stereocenters. The minimum atomic E-state index is -0.158. The summed E-state index contributed by atoms with van der Waals surface area (Å²) in [5.74, 6) is 1.30. The van der Waals surface area contributed by atoms with E-state index in [0.717, 1.165) is 22.6 Å². The quantitative estimate of drug-likeness (QED) is 0.443. The highest BCUT2D eigenvalue weighted by Crippen LogP contribution is 2.18. The van der Waals surface area contributed by atoms with Crippen molar-refractivity contribution in [1.29, 1.82) is 0 Å². The van der Waals surface area contributed by atoms with E-state index in [1.165, 1.54) is 17.3 Å². The fourth-order valence-corrected chi connectivity index (χ4v) is 4.02. The van der Waals surface area contributed by atoms with E-state index in [9.17, 15) is 9.59 Å². The van der Waals surface area contributed by atoms with Gasteiger partial charge >= 0.3 is 0 Å². The molecule has 0 fully saturated rings. The molecular weight excluding hydrogens is 438 g/mol. The number of rotatable bonds is 10. The normalized spacial score (nSPS) is 10.7. The summed E-state index contributed by atoms with van der Waals surface area (Å²) in [5.41, 5.74) is 4.04. The number of benzene rings is 2. The van der Waals surface area contributed by atoms with Crippen molar-refractivity contribution in [2.24, 2.45) is 0 Å². The Labute approximate surface area is 198 Å². The number of aryl methyl sites for hydroxylation is 2. The second-order valence-corrected chi connectivity index (χ2v) is 8.52. The molecule has 2 amide bonds. The number of aromatic nitrogens is 3. The maximum atomic E-state index is 12.5. The maximum absolute atomic E-state index is 12.5. The molecule has 1 heterocycles. The third-order valence-corrected chi connectivity index (χ3v) is 6.17. The van der Waals surface area contributed by atoms with Gasteiger partial charge in [-0.1, -0.05) is 30.0 Å². The van der Waals surface area contributed by atoms with Crippen LogP contribution in [0.1, 0.15) is 29.4 Å². The zero-order chi connectivity index (χ0) is 23.8. The summed E-state index contributed by atoms with van der Waals surface area (Å²) >= 11 is 1.30. The Bertz CT molecular complexity index is 1110. The molecule has 0 radical (unpaired) electrons. The summed E-state index contributed by atoms with van der Waals surface area (Å²) in [6.07, 6.45) is 0.109. The van der Waals surface area contributed by atoms with Crippen molar-refractivity contribution in [2.75, 3.05) is 18.2 Å². The van der Waals surface area contributed by atoms with Crippen molar-refractivity contribution in [3.05, 3.63) is 65.0 Å². The number of amides is 2. The van der Waals surface area contributed by atoms with Gasteiger partial charge in [0, 0.05) is 18.8 Å². The van der Waals surface area contributed by atoms with E-state index < -0.39 is 0 Å². The van der Waals surface area contributed by atoms with Crippen molar-refractivity contribution in [1.82, 2.24) is 20.1 Å². The molecule has 174 valence electrons. The van der Waals surface area contributed by atoms with Gasteiger partial charge in [0.2, 0.25) is 11.8 Å². The van der Waals surface area contributed by atoms with Crippen molar-refractivity contribution in [3.63, 3.8) is 0 Å². The lowest BCUT2D eigenvalue weighted by Gasteiger charge is -2.09. The minimum absolute atomic E-state index is 0.101. The maximum Gasteiger partial charge on any atom is 0.232 e. The van der Waals surface area contributed by atoms with Crippen LogP contribution in [0.5, 0.6) is 5.75 Å². The van der Waals surface area contributed by atoms with Crippen LogP contribution in [0.15, 0.2) is 47.6 Å². The summed E-state index contributed by atoms with van der Waals surface area (Å²) < 4.78 is 7.00. The number of anilines is 1. The molecule has 0 saturated carbocycles. The highest BCUT2D eigenvalue weighted by Gasteiger charge is 2.16. The highest BCUT2D eigenvalue weighted by molar-refractivity contribution is 7.99. The van der Waals surface area contributed by atoms with Crippen LogP contribution >= 0.6 is 11.8 Å². The molecule has 8 nitrogen and oxygen atoms in total. The zero-order valence-corrected chi connectivity index (χ0v) is 20.2. The van der Waals surface area contributed by atoms with Gasteiger partial charge in [-0.15, -0.1) is 10.2 Å². The van der Waals surface area contributed by atoms with Crippen LogP contribution < -0.4 is 15.4 Å². The van der Waals surface area contributed by atoms with Gasteiger partial charge < -0.3 is 19.9 Å². The first kappa shape index (κ1) is 24.3. The van der Waals surface area contributed by atoms with E-state index in [4.69, 9.17) is 4.74 Å². The van der Waals surface area contributed by atoms with Gasteiger partial charge in [-0.25, -0.2) is 0 Å². The first-order valence-electron chi connectivity index (χ1n) is 10.7. The molecule has 0 aliphatic rings. The monoisotopic (exact) mass is 467 g/mol. The molecule has 33 heavy (non-hydrogen) atoms. The van der Waals surface area contributed by atoms with Crippen LogP contribution in [0.4, 0.5) is 5.69 Å². The van der Waals surface area contributed by atoms with Gasteiger partial charge in [-0.05, 0) is 61.7 Å². The first-order valence-corrected chi connectivity index (χ1v) is 11.7. The second-order valence-electron chi connectivity index (χ2n) is 7.58. The van der Waals surface area contributed by atoms with E-state index in [0.29, 0.717) is 24.1 Å². The molecule has 3 aromatic rings. The van der Waals surface area contributed by atoms with E-state index in [1.54, 1.807) is 7.11 Å². The SMILES string of the molecule is CCn1c(CC(=O)Nc2ccc(C)c(C)c2)nnc1SCC(=O)NCc1ccc(OC)cc1. The fraction of sp³-hybridized carbons (Fsp3) is 0.333. The number of nitrogens with zero attached hydrogens (tertiary/aromatic N) is 3. The molecule has 3 rings (SSSR count). The van der Waals surface area contributed by atoms with Crippen molar-refractivity contribution in [3.8, 4) is 5.75 Å².